The first-order chi connectivity index (χ1) is 29.1. The number of hydrogen-bond acceptors (Lipinski definition) is 13. The standard InChI is InChI=1S/C17H26F2N2O3.C17H23NO6S.C8H12F2.CH2O3.CH4.2K.H/c1-15(2,3)24-14(23)21-12(4-5-13(21)22)10-20-8-6-16(7-9-20)11-17(16,18)19;1-12-5-8-14(9-6-12)25(21,22)23-11-13-7-10-15(19)18(13)16(20)24-17(2,3)4;9-8(10)6-7(8)4-2-1-3-5-7;2-1-4-3;;;;/h12H,4-11H2,1-3H3;5-6,8-9,13H,7,10-11H2,1-4H3;1-6H2;1,3H;1H4;;;/q;;;;;2*+1;-1/p-1/t12-;13-;;;;;;/m00....../s1. The largest absolute Gasteiger partial charge is 1.00 e. The van der Waals surface area contributed by atoms with Crippen molar-refractivity contribution in [2.45, 2.75) is 179 Å². The van der Waals surface area contributed by atoms with Crippen LogP contribution in [0.15, 0.2) is 29.2 Å². The summed E-state index contributed by atoms with van der Waals surface area (Å²) in [5.74, 6) is -5.38. The second kappa shape index (κ2) is 25.7. The van der Waals surface area contributed by atoms with E-state index in [1.807, 2.05) is 6.92 Å². The van der Waals surface area contributed by atoms with E-state index in [0.29, 0.717) is 51.7 Å². The van der Waals surface area contributed by atoms with E-state index in [4.69, 9.17) is 23.7 Å². The van der Waals surface area contributed by atoms with Crippen LogP contribution >= 0.6 is 0 Å². The maximum Gasteiger partial charge on any atom is 1.00 e. The van der Waals surface area contributed by atoms with Gasteiger partial charge in [-0.3, -0.25) is 18.6 Å². The van der Waals surface area contributed by atoms with Gasteiger partial charge in [0.25, 0.3) is 28.4 Å². The number of nitrogens with zero attached hydrogens (tertiary/aromatic N) is 3. The Morgan fingerprint density at radius 1 is 0.773 bits per heavy atom. The molecule has 0 unspecified atom stereocenters. The molecule has 3 heterocycles. The van der Waals surface area contributed by atoms with Crippen molar-refractivity contribution in [1.29, 1.82) is 0 Å². The molecule has 3 aliphatic heterocycles. The van der Waals surface area contributed by atoms with E-state index in [-0.39, 0.29) is 161 Å². The number of rotatable bonds is 7. The van der Waals surface area contributed by atoms with Crippen LogP contribution in [-0.4, -0.2) is 115 Å². The van der Waals surface area contributed by atoms with E-state index in [1.54, 1.807) is 53.7 Å². The molecule has 3 saturated carbocycles. The number of ether oxygens (including phenoxy) is 2. The SMILES string of the molecule is C.CC(C)(C)OC(=O)N1C(=O)CC[C@H]1CN1CCC2(CC1)CC2(F)F.Cc1ccc(S(=O)(=O)OC[C@@H]2CCC(=O)N2C(=O)OC(C)(C)C)cc1.FC1(F)CC12CCCCC2.O=CO[O-].[H-].[K+].[K+]. The fourth-order valence-electron chi connectivity index (χ4n) is 8.42. The molecule has 1 aromatic rings. The first kappa shape index (κ1) is 63.4. The van der Waals surface area contributed by atoms with Gasteiger partial charge in [-0.1, -0.05) is 44.4 Å². The zero-order chi connectivity index (χ0) is 47.2. The fourth-order valence-corrected chi connectivity index (χ4v) is 9.36. The molecule has 7 rings (SSSR count). The maximum absolute atomic E-state index is 13.4. The topological polar surface area (TPSA) is 189 Å². The molecule has 0 radical (unpaired) electrons. The van der Waals surface area contributed by atoms with E-state index in [0.717, 1.165) is 42.6 Å². The van der Waals surface area contributed by atoms with Crippen LogP contribution in [0.5, 0.6) is 0 Å². The molecule has 15 nitrogen and oxygen atoms in total. The van der Waals surface area contributed by atoms with E-state index >= 15 is 0 Å². The molecule has 4 amide bonds. The van der Waals surface area contributed by atoms with Crippen LogP contribution in [0.25, 0.3) is 0 Å². The summed E-state index contributed by atoms with van der Waals surface area (Å²) in [6, 6.07) is 5.36. The summed E-state index contributed by atoms with van der Waals surface area (Å²) in [7, 11) is -3.96. The number of halogens is 4. The summed E-state index contributed by atoms with van der Waals surface area (Å²) < 4.78 is 92.3. The molecule has 6 aliphatic rings. The minimum atomic E-state index is -3.96. The Bertz CT molecular complexity index is 1910. The van der Waals surface area contributed by atoms with Crippen molar-refractivity contribution < 1.29 is 178 Å². The minimum absolute atomic E-state index is 0. The van der Waals surface area contributed by atoms with Crippen LogP contribution in [0, 0.1) is 17.8 Å². The predicted octanol–water partition coefficient (Wildman–Crippen LogP) is 1.83. The van der Waals surface area contributed by atoms with Crippen molar-refractivity contribution in [2.24, 2.45) is 10.8 Å². The first-order valence-electron chi connectivity index (χ1n) is 21.4. The van der Waals surface area contributed by atoms with Crippen molar-refractivity contribution in [2.75, 3.05) is 26.2 Å². The molecule has 2 spiro atoms. The van der Waals surface area contributed by atoms with E-state index in [2.05, 4.69) is 9.79 Å². The van der Waals surface area contributed by atoms with Crippen LogP contribution in [0.4, 0.5) is 27.2 Å². The van der Waals surface area contributed by atoms with E-state index < -0.39 is 68.1 Å². The Balaban J connectivity index is 0.000000966. The molecule has 1 aromatic carbocycles. The molecule has 22 heteroatoms. The van der Waals surface area contributed by atoms with Crippen molar-refractivity contribution in [3.63, 3.8) is 0 Å². The average Bonchev–Trinajstić information content (AvgIpc) is 3.66. The summed E-state index contributed by atoms with van der Waals surface area (Å²) in [6.45, 7) is 13.5. The number of carbonyl (C=O) groups is 5. The Hall–Kier alpha value is -0.607. The third-order valence-electron chi connectivity index (χ3n) is 12.1. The minimum Gasteiger partial charge on any atom is -1.00 e. The average molecular weight is 1020 g/mol. The zero-order valence-electron chi connectivity index (χ0n) is 40.2. The zero-order valence-corrected chi connectivity index (χ0v) is 46.3. The van der Waals surface area contributed by atoms with Crippen LogP contribution in [0.2, 0.25) is 0 Å². The number of benzene rings is 1. The molecular weight excluding hydrogens is 949 g/mol. The van der Waals surface area contributed by atoms with Crippen LogP contribution < -0.4 is 108 Å². The second-order valence-electron chi connectivity index (χ2n) is 19.3. The van der Waals surface area contributed by atoms with Crippen molar-refractivity contribution >= 4 is 40.6 Å². The summed E-state index contributed by atoms with van der Waals surface area (Å²) >= 11 is 0. The molecule has 66 heavy (non-hydrogen) atoms. The Kier molecular flexibility index (Phi) is 24.7. The first-order valence-corrected chi connectivity index (χ1v) is 22.8. The normalized spacial score (nSPS) is 23.1. The van der Waals surface area contributed by atoms with Gasteiger partial charge in [-0.15, -0.1) is 0 Å². The number of likely N-dealkylation sites (tertiary alicyclic amines) is 3. The number of aryl methyl sites for hydroxylation is 1. The maximum atomic E-state index is 13.4. The Morgan fingerprint density at radius 2 is 1.17 bits per heavy atom. The molecule has 0 bridgehead atoms. The summed E-state index contributed by atoms with van der Waals surface area (Å²) in [5, 5.41) is 8.43. The van der Waals surface area contributed by atoms with Crippen molar-refractivity contribution in [3.05, 3.63) is 29.8 Å². The molecule has 3 saturated heterocycles. The smallest absolute Gasteiger partial charge is 1.00 e. The van der Waals surface area contributed by atoms with Crippen LogP contribution in [-0.2, 0) is 43.0 Å². The van der Waals surface area contributed by atoms with E-state index in [9.17, 15) is 45.2 Å². The van der Waals surface area contributed by atoms with Crippen LogP contribution in [0.1, 0.15) is 139 Å². The van der Waals surface area contributed by atoms with Gasteiger partial charge >= 0.3 is 115 Å². The molecule has 0 N–H and O–H groups in total. The third-order valence-corrected chi connectivity index (χ3v) is 13.4. The molecule has 0 aromatic heterocycles. The van der Waals surface area contributed by atoms with Gasteiger partial charge in [-0.05, 0) is 112 Å². The predicted molar refractivity (Wildman–Crippen MR) is 224 cm³/mol. The Labute approximate surface area is 473 Å². The number of amides is 4. The van der Waals surface area contributed by atoms with Gasteiger partial charge in [0.15, 0.2) is 0 Å². The van der Waals surface area contributed by atoms with Crippen LogP contribution in [0.3, 0.4) is 0 Å². The van der Waals surface area contributed by atoms with Gasteiger partial charge in [0.2, 0.25) is 11.8 Å². The molecule has 366 valence electrons. The quantitative estimate of drug-likeness (QED) is 0.0963. The summed E-state index contributed by atoms with van der Waals surface area (Å²) in [5.41, 5.74) is -1.76. The molecular formula is C44H67F4K2N3O12S. The summed E-state index contributed by atoms with van der Waals surface area (Å²) in [6.07, 6.45) is 5.99. The molecule has 3 aliphatic carbocycles. The van der Waals surface area contributed by atoms with Gasteiger partial charge in [0, 0.05) is 43.1 Å². The fraction of sp³-hybridized carbons (Fsp3) is 0.750. The summed E-state index contributed by atoms with van der Waals surface area (Å²) in [4.78, 5) is 64.1. The number of carbonyl (C=O) groups excluding carboxylic acids is 5. The van der Waals surface area contributed by atoms with Crippen molar-refractivity contribution in [1.82, 2.24) is 14.7 Å². The van der Waals surface area contributed by atoms with Gasteiger partial charge in [-0.2, -0.15) is 8.42 Å². The molecule has 2 atom stereocenters. The number of alkyl halides is 4. The van der Waals surface area contributed by atoms with Gasteiger partial charge in [-0.25, -0.2) is 37.0 Å². The van der Waals surface area contributed by atoms with Crippen molar-refractivity contribution in [3.8, 4) is 0 Å². The monoisotopic (exact) mass is 1020 g/mol. The Morgan fingerprint density at radius 3 is 1.55 bits per heavy atom. The number of imide groups is 2. The second-order valence-corrected chi connectivity index (χ2v) is 20.9. The molecule has 6 fully saturated rings. The van der Waals surface area contributed by atoms with Gasteiger partial charge in [0.1, 0.15) is 11.2 Å². The number of piperidine rings is 1. The van der Waals surface area contributed by atoms with E-state index in [1.165, 1.54) is 17.0 Å². The third kappa shape index (κ3) is 17.6. The number of hydrogen-bond donors (Lipinski definition) is 0. The van der Waals surface area contributed by atoms with Gasteiger partial charge < -0.3 is 25.9 Å². The van der Waals surface area contributed by atoms with Gasteiger partial charge in [0.05, 0.1) is 23.6 Å².